The third-order valence-corrected chi connectivity index (χ3v) is 26.7. The summed E-state index contributed by atoms with van der Waals surface area (Å²) < 4.78 is 29.6. The summed E-state index contributed by atoms with van der Waals surface area (Å²) >= 11 is 0. The van der Waals surface area contributed by atoms with Gasteiger partial charge in [0.05, 0.1) is 97.9 Å². The molecule has 150 heavy (non-hydrogen) atoms. The Morgan fingerprint density at radius 2 is 0.753 bits per heavy atom. The monoisotopic (exact) mass is 2050 g/mol. The molecule has 1 saturated heterocycles. The van der Waals surface area contributed by atoms with Crippen LogP contribution in [-0.4, -0.2) is 214 Å². The maximum absolute atomic E-state index is 13.2. The SMILES string of the molecule is CCc1ccc(-n2cc(C(=O)NOC)c(=O)c3cnc(Nc4cccc(NC(=O)CN(C)C)c4)nc32)cc1.CONC(=O)c1cn(-c2cnc3c(c2)CCC3)c2nc(Nc3ccc(C4CCN(C)CC4)cc3)ncc2c1=O.CONC(=O)c1cn(-c2cnc3c(c2)CCC3)c2nc(Nc3ccc(CCO)cc3)ncc2c1=O.CONC(=O)c1cn(-c2cnc3c(c2)CCC3)c2nc(Nc3ccc(CCS(C)(=O)=O)cc3)ncc2c1=O. The van der Waals surface area contributed by atoms with Crippen molar-refractivity contribution in [1.82, 2.24) is 105 Å². The number of anilines is 9. The van der Waals surface area contributed by atoms with Crippen LogP contribution in [0.4, 0.5) is 52.2 Å². The largest absolute Gasteiger partial charge is 0.396 e. The Morgan fingerprint density at radius 3 is 1.10 bits per heavy atom. The fourth-order valence-corrected chi connectivity index (χ4v) is 18.6. The molecule has 4 aliphatic rings. The van der Waals surface area contributed by atoms with Gasteiger partial charge in [-0.15, -0.1) is 0 Å². The molecule has 20 rings (SSSR count). The normalized spacial score (nSPS) is 13.1. The quantitative estimate of drug-likeness (QED) is 0.0187. The minimum Gasteiger partial charge on any atom is -0.396 e. The molecule has 16 aromatic rings. The summed E-state index contributed by atoms with van der Waals surface area (Å²) in [4.78, 5) is 188. The van der Waals surface area contributed by atoms with Gasteiger partial charge in [-0.1, -0.05) is 61.5 Å². The van der Waals surface area contributed by atoms with Crippen LogP contribution in [0.2, 0.25) is 0 Å². The highest BCUT2D eigenvalue weighted by Gasteiger charge is 2.28. The van der Waals surface area contributed by atoms with Crippen molar-refractivity contribution in [3.05, 3.63) is 327 Å². The number of likely N-dealkylation sites (tertiary alicyclic amines) is 1. The number of hydrogen-bond acceptors (Lipinski definition) is 33. The van der Waals surface area contributed by atoms with Gasteiger partial charge in [0.2, 0.25) is 51.4 Å². The highest BCUT2D eigenvalue weighted by Crippen LogP contribution is 2.34. The lowest BCUT2D eigenvalue weighted by Crippen LogP contribution is -2.29. The van der Waals surface area contributed by atoms with Crippen molar-refractivity contribution in [2.24, 2.45) is 0 Å². The highest BCUT2D eigenvalue weighted by molar-refractivity contribution is 7.90. The number of aryl methyl sites for hydroxylation is 8. The van der Waals surface area contributed by atoms with Crippen molar-refractivity contribution in [2.75, 3.05) is 114 Å². The summed E-state index contributed by atoms with van der Waals surface area (Å²) in [6, 6.07) is 44.2. The first-order chi connectivity index (χ1) is 72.6. The minimum atomic E-state index is -3.05. The Labute approximate surface area is 859 Å². The number of rotatable bonds is 30. The number of hydroxylamine groups is 4. The van der Waals surface area contributed by atoms with Gasteiger partial charge >= 0.3 is 0 Å². The number of fused-ring (bicyclic) bond motifs is 7. The lowest BCUT2D eigenvalue weighted by molar-refractivity contribution is -0.116. The molecule has 3 aliphatic carbocycles. The van der Waals surface area contributed by atoms with E-state index in [4.69, 9.17) is 29.4 Å². The standard InChI is InChI=1S/C29H31N7O3.C27H29N7O4.C26H26N6O5S.C25H24N6O4/c1-35-12-10-19(11-13-35)18-6-8-21(9-7-18)32-29-31-16-23-26(37)24(28(38)34-39-2)17-36(27(23)33-29)22-14-20-4-3-5-25(20)30-15-22;1-5-17-9-11-20(12-10-17)34-15-22(26(37)32-38-4)24(36)21-14-28-27(31-25(21)34)30-19-8-6-7-18(13-19)29-23(35)16-33(2)3;1-37-31-25(34)21-15-32(19-12-17-4-3-5-22(17)27-13-19)24-20(23(21)33)14-28-26(30-24)29-18-8-6-16(7-9-18)10-11-38(2,35)36;1-35-30-24(34)20-14-31(18-11-16-3-2-4-21(16)26-12-18)23-19(22(20)33)13-27-25(29-23)28-17-7-5-15(6-8-17)9-10-32/h6-9,14-17,19H,3-5,10-13H2,1-2H3,(H,34,38)(H,31,32,33);6-15H,5,16H2,1-4H3,(H,29,35)(H,32,37)(H,28,30,31);6-9,12-15H,3-5,10-11H2,1-2H3,(H,31,34)(H,28,29,30);5-8,11-14,32H,2-4,9-10H2,1H3,(H,30,34)(H,27,28,29). The van der Waals surface area contributed by atoms with Gasteiger partial charge in [-0.25, -0.2) is 50.3 Å². The first-order valence-electron chi connectivity index (χ1n) is 48.5. The van der Waals surface area contributed by atoms with Crippen LogP contribution in [0, 0.1) is 0 Å². The van der Waals surface area contributed by atoms with E-state index in [1.807, 2.05) is 111 Å². The van der Waals surface area contributed by atoms with Crippen LogP contribution in [0.3, 0.4) is 0 Å². The number of aromatic nitrogens is 15. The van der Waals surface area contributed by atoms with Gasteiger partial charge in [0.25, 0.3) is 23.6 Å². The molecular formula is C107H110N26O16S. The van der Waals surface area contributed by atoms with Gasteiger partial charge in [0.1, 0.15) is 32.1 Å². The fraction of sp³-hybridized carbons (Fsp3) is 0.271. The number of pyridine rings is 7. The first kappa shape index (κ1) is 104. The predicted octanol–water partition coefficient (Wildman–Crippen LogP) is 10.9. The van der Waals surface area contributed by atoms with Crippen molar-refractivity contribution in [3.8, 4) is 22.7 Å². The van der Waals surface area contributed by atoms with Crippen molar-refractivity contribution in [2.45, 2.75) is 103 Å². The van der Waals surface area contributed by atoms with Gasteiger partial charge in [-0.05, 0) is 254 Å². The zero-order valence-corrected chi connectivity index (χ0v) is 84.5. The van der Waals surface area contributed by atoms with E-state index in [1.54, 1.807) is 72.1 Å². The number of benzene rings is 5. The second-order valence-electron chi connectivity index (χ2n) is 36.5. The number of nitrogens with one attached hydrogen (secondary N) is 9. The van der Waals surface area contributed by atoms with E-state index in [0.29, 0.717) is 87.4 Å². The van der Waals surface area contributed by atoms with E-state index in [0.717, 1.165) is 152 Å². The molecule has 0 spiro atoms. The zero-order valence-electron chi connectivity index (χ0n) is 83.7. The molecule has 1 fully saturated rings. The molecular weight excluding hydrogens is 1940 g/mol. The first-order valence-corrected chi connectivity index (χ1v) is 50.6. The fourth-order valence-electron chi connectivity index (χ4n) is 18.0. The van der Waals surface area contributed by atoms with Gasteiger partial charge in [-0.2, -0.15) is 19.9 Å². The molecule has 43 heteroatoms. The molecule has 0 saturated carbocycles. The maximum Gasteiger partial charge on any atom is 0.280 e. The Bertz CT molecular complexity index is 8190. The van der Waals surface area contributed by atoms with E-state index < -0.39 is 55.2 Å². The van der Waals surface area contributed by atoms with Gasteiger partial charge in [0.15, 0.2) is 22.6 Å². The summed E-state index contributed by atoms with van der Waals surface area (Å²) in [6.07, 6.45) is 30.8. The average Bonchev–Trinajstić information content (AvgIpc) is 1.04. The van der Waals surface area contributed by atoms with Crippen LogP contribution < -0.4 is 70.2 Å². The number of sulfone groups is 1. The molecule has 10 N–H and O–H groups in total. The Hall–Kier alpha value is -17.1. The smallest absolute Gasteiger partial charge is 0.280 e. The number of carbonyl (C=O) groups is 5. The van der Waals surface area contributed by atoms with Crippen molar-refractivity contribution >= 4 is 136 Å². The minimum absolute atomic E-state index is 0.0707. The van der Waals surface area contributed by atoms with E-state index in [9.17, 15) is 51.6 Å². The topological polar surface area (TPSA) is 521 Å². The second-order valence-corrected chi connectivity index (χ2v) is 38.8. The number of hydrogen-bond donors (Lipinski definition) is 10. The number of piperidine rings is 1. The van der Waals surface area contributed by atoms with Crippen LogP contribution in [0.25, 0.3) is 66.9 Å². The number of carbonyl (C=O) groups excluding carboxylic acids is 5. The highest BCUT2D eigenvalue weighted by atomic mass is 32.2. The number of amides is 5. The number of nitrogens with zero attached hydrogens (tertiary/aromatic N) is 17. The lowest BCUT2D eigenvalue weighted by atomic mass is 9.89. The molecule has 1 aliphatic heterocycles. The molecule has 5 aromatic carbocycles. The summed E-state index contributed by atoms with van der Waals surface area (Å²) in [7, 11) is 7.98. The third kappa shape index (κ3) is 24.7. The van der Waals surface area contributed by atoms with Gasteiger partial charge in [0, 0.05) is 114 Å². The van der Waals surface area contributed by atoms with Crippen LogP contribution in [-0.2, 0) is 91.8 Å². The Kier molecular flexibility index (Phi) is 32.8. The summed E-state index contributed by atoms with van der Waals surface area (Å²) in [5.74, 6) is -1.00. The summed E-state index contributed by atoms with van der Waals surface area (Å²) in [5, 5.41) is 25.4. The molecule has 0 atom stereocenters. The molecule has 0 radical (unpaired) electrons. The third-order valence-electron chi connectivity index (χ3n) is 25.7. The number of likely N-dealkylation sites (N-methyl/N-ethyl adjacent to an activating group) is 1. The zero-order chi connectivity index (χ0) is 105. The van der Waals surface area contributed by atoms with E-state index in [2.05, 4.69) is 129 Å². The second kappa shape index (κ2) is 47.2. The number of aliphatic hydroxyl groups is 1. The molecule has 42 nitrogen and oxygen atoms in total. The van der Waals surface area contributed by atoms with Crippen molar-refractivity contribution < 1.29 is 56.8 Å². The average molecular weight is 2050 g/mol. The van der Waals surface area contributed by atoms with Crippen LogP contribution in [0.5, 0.6) is 0 Å². The summed E-state index contributed by atoms with van der Waals surface area (Å²) in [5.41, 5.74) is 25.2. The van der Waals surface area contributed by atoms with Crippen LogP contribution in [0.1, 0.15) is 142 Å². The molecule has 11 aromatic heterocycles. The van der Waals surface area contributed by atoms with Crippen molar-refractivity contribution in [1.29, 1.82) is 0 Å². The van der Waals surface area contributed by atoms with Gasteiger partial charge < -0.3 is 46.1 Å². The Balaban J connectivity index is 0.000000136. The molecule has 5 amide bonds. The summed E-state index contributed by atoms with van der Waals surface area (Å²) in [6.45, 7) is 4.63. The molecule has 770 valence electrons. The lowest BCUT2D eigenvalue weighted by Gasteiger charge is -2.29. The van der Waals surface area contributed by atoms with E-state index in [-0.39, 0.29) is 80.5 Å². The molecule has 0 unspecified atom stereocenters. The predicted molar refractivity (Wildman–Crippen MR) is 567 cm³/mol. The van der Waals surface area contributed by atoms with Gasteiger partial charge in [-0.3, -0.25) is 91.2 Å². The van der Waals surface area contributed by atoms with E-state index in [1.165, 1.54) is 95.4 Å². The molecule has 0 bridgehead atoms. The molecule has 12 heterocycles. The van der Waals surface area contributed by atoms with Crippen molar-refractivity contribution in [3.63, 3.8) is 0 Å². The van der Waals surface area contributed by atoms with E-state index >= 15 is 0 Å². The maximum atomic E-state index is 13.2. The van der Waals surface area contributed by atoms with Crippen LogP contribution >= 0.6 is 0 Å². The Morgan fingerprint density at radius 1 is 0.413 bits per heavy atom. The number of aliphatic hydroxyl groups excluding tert-OH is 1. The van der Waals surface area contributed by atoms with Crippen LogP contribution in [0.15, 0.2) is 227 Å².